The van der Waals surface area contributed by atoms with Gasteiger partial charge < -0.3 is 10.2 Å². The Balaban J connectivity index is 2.18. The Morgan fingerprint density at radius 2 is 2.12 bits per heavy atom. The number of nitrogens with zero attached hydrogens (tertiary/aromatic N) is 1. The van der Waals surface area contributed by atoms with Crippen LogP contribution in [0.3, 0.4) is 0 Å². The predicted octanol–water partition coefficient (Wildman–Crippen LogP) is 3.03. The van der Waals surface area contributed by atoms with E-state index in [1.807, 2.05) is 0 Å². The molecule has 0 bridgehead atoms. The maximum atomic E-state index is 3.58. The van der Waals surface area contributed by atoms with Gasteiger partial charge in [0.25, 0.3) is 0 Å². The Hall–Kier alpha value is -0.0800. The zero-order chi connectivity index (χ0) is 11.8. The molecule has 0 aromatic carbocycles. The van der Waals surface area contributed by atoms with Crippen molar-refractivity contribution in [1.29, 1.82) is 0 Å². The van der Waals surface area contributed by atoms with E-state index < -0.39 is 0 Å². The second-order valence-corrected chi connectivity index (χ2v) is 5.24. The highest BCUT2D eigenvalue weighted by Gasteiger charge is 2.20. The first-order valence-electron chi connectivity index (χ1n) is 7.25. The molecule has 0 aromatic rings. The lowest BCUT2D eigenvalue weighted by Gasteiger charge is -2.35. The van der Waals surface area contributed by atoms with Gasteiger partial charge >= 0.3 is 0 Å². The second-order valence-electron chi connectivity index (χ2n) is 5.24. The van der Waals surface area contributed by atoms with E-state index in [-0.39, 0.29) is 0 Å². The second kappa shape index (κ2) is 8.08. The van der Waals surface area contributed by atoms with Crippen molar-refractivity contribution in [3.05, 3.63) is 0 Å². The molecule has 1 aliphatic rings. The molecule has 0 saturated carbocycles. The molecule has 2 unspecified atom stereocenters. The third kappa shape index (κ3) is 4.84. The minimum atomic E-state index is 0.680. The molecule has 2 atom stereocenters. The van der Waals surface area contributed by atoms with E-state index in [0.717, 1.165) is 6.04 Å². The molecule has 0 radical (unpaired) electrons. The molecule has 96 valence electrons. The largest absolute Gasteiger partial charge is 0.314 e. The standard InChI is InChI=1S/C14H30N2/c1-4-10-15-13(3)9-12-16-11-7-6-8-14(16)5-2/h13-15H,4-12H2,1-3H3. The van der Waals surface area contributed by atoms with Gasteiger partial charge in [-0.05, 0) is 58.7 Å². The molecule has 1 heterocycles. The summed E-state index contributed by atoms with van der Waals surface area (Å²) in [6, 6.07) is 1.55. The SMILES string of the molecule is CCCNC(C)CCN1CCCCC1CC. The van der Waals surface area contributed by atoms with Crippen LogP contribution < -0.4 is 5.32 Å². The Morgan fingerprint density at radius 3 is 2.81 bits per heavy atom. The molecule has 2 nitrogen and oxygen atoms in total. The first-order valence-corrected chi connectivity index (χ1v) is 7.25. The van der Waals surface area contributed by atoms with Crippen LogP contribution in [0.25, 0.3) is 0 Å². The van der Waals surface area contributed by atoms with Crippen LogP contribution in [0, 0.1) is 0 Å². The lowest BCUT2D eigenvalue weighted by atomic mass is 9.99. The zero-order valence-corrected chi connectivity index (χ0v) is 11.5. The third-order valence-electron chi connectivity index (χ3n) is 3.81. The average molecular weight is 226 g/mol. The molecule has 1 fully saturated rings. The summed E-state index contributed by atoms with van der Waals surface area (Å²) in [5.41, 5.74) is 0. The van der Waals surface area contributed by atoms with Crippen LogP contribution >= 0.6 is 0 Å². The molecule has 1 saturated heterocycles. The number of nitrogens with one attached hydrogen (secondary N) is 1. The lowest BCUT2D eigenvalue weighted by molar-refractivity contribution is 0.138. The molecule has 1 N–H and O–H groups in total. The van der Waals surface area contributed by atoms with Gasteiger partial charge in [-0.15, -0.1) is 0 Å². The van der Waals surface area contributed by atoms with E-state index in [4.69, 9.17) is 0 Å². The molecule has 0 spiro atoms. The topological polar surface area (TPSA) is 15.3 Å². The molecule has 16 heavy (non-hydrogen) atoms. The number of likely N-dealkylation sites (tertiary alicyclic amines) is 1. The summed E-state index contributed by atoms with van der Waals surface area (Å²) in [4.78, 5) is 2.72. The van der Waals surface area contributed by atoms with Crippen molar-refractivity contribution < 1.29 is 0 Å². The monoisotopic (exact) mass is 226 g/mol. The smallest absolute Gasteiger partial charge is 0.00926 e. The highest BCUT2D eigenvalue weighted by Crippen LogP contribution is 2.19. The van der Waals surface area contributed by atoms with E-state index in [1.54, 1.807) is 0 Å². The molecule has 0 amide bonds. The average Bonchev–Trinajstić information content (AvgIpc) is 2.34. The van der Waals surface area contributed by atoms with Crippen molar-refractivity contribution in [3.8, 4) is 0 Å². The van der Waals surface area contributed by atoms with E-state index in [0.29, 0.717) is 6.04 Å². The predicted molar refractivity (Wildman–Crippen MR) is 71.9 cm³/mol. The van der Waals surface area contributed by atoms with Crippen LogP contribution in [-0.4, -0.2) is 36.6 Å². The summed E-state index contributed by atoms with van der Waals surface area (Å²) in [6.07, 6.45) is 8.15. The molecule has 0 aromatic heterocycles. The van der Waals surface area contributed by atoms with Crippen LogP contribution in [0.2, 0.25) is 0 Å². The van der Waals surface area contributed by atoms with Gasteiger partial charge in [-0.3, -0.25) is 0 Å². The minimum Gasteiger partial charge on any atom is -0.314 e. The van der Waals surface area contributed by atoms with Crippen LogP contribution in [0.1, 0.15) is 59.3 Å². The van der Waals surface area contributed by atoms with Gasteiger partial charge in [0.05, 0.1) is 0 Å². The third-order valence-corrected chi connectivity index (χ3v) is 3.81. The Morgan fingerprint density at radius 1 is 1.31 bits per heavy atom. The zero-order valence-electron chi connectivity index (χ0n) is 11.5. The van der Waals surface area contributed by atoms with Gasteiger partial charge in [-0.2, -0.15) is 0 Å². The van der Waals surface area contributed by atoms with Crippen molar-refractivity contribution in [2.75, 3.05) is 19.6 Å². The van der Waals surface area contributed by atoms with Gasteiger partial charge in [0.2, 0.25) is 0 Å². The highest BCUT2D eigenvalue weighted by atomic mass is 15.2. The molecular formula is C14H30N2. The Labute approximate surface area is 102 Å². The van der Waals surface area contributed by atoms with E-state index in [2.05, 4.69) is 31.0 Å². The fraction of sp³-hybridized carbons (Fsp3) is 1.00. The summed E-state index contributed by atoms with van der Waals surface area (Å²) in [7, 11) is 0. The van der Waals surface area contributed by atoms with Crippen molar-refractivity contribution in [2.45, 2.75) is 71.4 Å². The summed E-state index contributed by atoms with van der Waals surface area (Å²) in [5.74, 6) is 0. The summed E-state index contributed by atoms with van der Waals surface area (Å²) in [5, 5.41) is 3.58. The van der Waals surface area contributed by atoms with Crippen LogP contribution in [-0.2, 0) is 0 Å². The van der Waals surface area contributed by atoms with Gasteiger partial charge in [-0.25, -0.2) is 0 Å². The molecule has 2 heteroatoms. The number of hydrogen-bond donors (Lipinski definition) is 1. The van der Waals surface area contributed by atoms with E-state index in [9.17, 15) is 0 Å². The minimum absolute atomic E-state index is 0.680. The van der Waals surface area contributed by atoms with Crippen molar-refractivity contribution in [2.24, 2.45) is 0 Å². The van der Waals surface area contributed by atoms with Crippen molar-refractivity contribution in [1.82, 2.24) is 10.2 Å². The normalized spacial score (nSPS) is 24.6. The molecule has 1 rings (SSSR count). The Kier molecular flexibility index (Phi) is 7.06. The summed E-state index contributed by atoms with van der Waals surface area (Å²) < 4.78 is 0. The van der Waals surface area contributed by atoms with Crippen molar-refractivity contribution in [3.63, 3.8) is 0 Å². The fourth-order valence-corrected chi connectivity index (χ4v) is 2.67. The van der Waals surface area contributed by atoms with Crippen molar-refractivity contribution >= 4 is 0 Å². The molecule has 1 aliphatic heterocycles. The quantitative estimate of drug-likeness (QED) is 0.718. The summed E-state index contributed by atoms with van der Waals surface area (Å²) >= 11 is 0. The van der Waals surface area contributed by atoms with Gasteiger partial charge in [0.1, 0.15) is 0 Å². The first kappa shape index (κ1) is 14.0. The maximum absolute atomic E-state index is 3.58. The van der Waals surface area contributed by atoms with Crippen LogP contribution in [0.15, 0.2) is 0 Å². The highest BCUT2D eigenvalue weighted by molar-refractivity contribution is 4.76. The fourth-order valence-electron chi connectivity index (χ4n) is 2.67. The maximum Gasteiger partial charge on any atom is 0.00926 e. The Bertz CT molecular complexity index is 170. The van der Waals surface area contributed by atoms with E-state index in [1.165, 1.54) is 58.2 Å². The number of piperidine rings is 1. The number of rotatable bonds is 7. The van der Waals surface area contributed by atoms with Crippen LogP contribution in [0.5, 0.6) is 0 Å². The number of hydrogen-bond acceptors (Lipinski definition) is 2. The first-order chi connectivity index (χ1) is 7.77. The molecular weight excluding hydrogens is 196 g/mol. The van der Waals surface area contributed by atoms with Gasteiger partial charge in [0, 0.05) is 12.1 Å². The van der Waals surface area contributed by atoms with Gasteiger partial charge in [0.15, 0.2) is 0 Å². The van der Waals surface area contributed by atoms with Crippen LogP contribution in [0.4, 0.5) is 0 Å². The lowest BCUT2D eigenvalue weighted by Crippen LogP contribution is -2.41. The van der Waals surface area contributed by atoms with E-state index >= 15 is 0 Å². The van der Waals surface area contributed by atoms with Gasteiger partial charge in [-0.1, -0.05) is 20.3 Å². The summed E-state index contributed by atoms with van der Waals surface area (Å²) in [6.45, 7) is 10.7. The molecule has 0 aliphatic carbocycles.